The van der Waals surface area contributed by atoms with Crippen molar-refractivity contribution >= 4 is 20.0 Å². The summed E-state index contributed by atoms with van der Waals surface area (Å²) < 4.78 is 132. The number of halogens is 6. The van der Waals surface area contributed by atoms with Crippen LogP contribution in [0, 0.1) is 0 Å². The first-order valence-electron chi connectivity index (χ1n) is 7.73. The van der Waals surface area contributed by atoms with Crippen molar-refractivity contribution in [1.29, 1.82) is 0 Å². The maximum absolute atomic E-state index is 14.0. The molecule has 0 aromatic carbocycles. The zero-order valence-electron chi connectivity index (χ0n) is 13.8. The number of unbranched alkanes of at least 4 members (excludes halogenated alkanes) is 1. The second kappa shape index (κ2) is 7.80. The molecule has 0 aliphatic carbocycles. The molecule has 0 aromatic rings. The van der Waals surface area contributed by atoms with Gasteiger partial charge in [-0.25, -0.2) is 16.8 Å². The lowest BCUT2D eigenvalue weighted by Crippen LogP contribution is -2.63. The molecule has 0 amide bonds. The lowest BCUT2D eigenvalue weighted by molar-refractivity contribution is -0.244. The lowest BCUT2D eigenvalue weighted by atomic mass is 10.2. The summed E-state index contributed by atoms with van der Waals surface area (Å²) >= 11 is 0. The highest BCUT2D eigenvalue weighted by atomic mass is 32.2. The lowest BCUT2D eigenvalue weighted by Gasteiger charge is -2.38. The molecule has 0 radical (unpaired) electrons. The molecule has 0 atom stereocenters. The summed E-state index contributed by atoms with van der Waals surface area (Å²) in [5.74, 6) is -6.72. The molecule has 14 heteroatoms. The number of sulfonamides is 2. The summed E-state index contributed by atoms with van der Waals surface area (Å²) in [5, 5.41) is -12.7. The van der Waals surface area contributed by atoms with Crippen molar-refractivity contribution in [3.05, 3.63) is 4.72 Å². The van der Waals surface area contributed by atoms with Crippen LogP contribution in [0.3, 0.4) is 0 Å². The van der Waals surface area contributed by atoms with E-state index in [-0.39, 0.29) is 30.0 Å². The fraction of sp³-hybridized carbons (Fsp3) is 1.00. The van der Waals surface area contributed by atoms with Crippen LogP contribution in [0.1, 0.15) is 39.0 Å². The predicted molar refractivity (Wildman–Crippen MR) is 81.2 cm³/mol. The molecule has 6 nitrogen and oxygen atoms in total. The first kappa shape index (κ1) is 23.4. The maximum atomic E-state index is 14.0. The molecule has 0 unspecified atom stereocenters. The zero-order chi connectivity index (χ0) is 20.4. The third-order valence-electron chi connectivity index (χ3n) is 3.81. The molecule has 1 saturated heterocycles. The largest absolute Gasteiger partial charge is 0.544 e. The van der Waals surface area contributed by atoms with Crippen LogP contribution in [0.15, 0.2) is 0 Å². The van der Waals surface area contributed by atoms with E-state index in [9.17, 15) is 43.2 Å². The van der Waals surface area contributed by atoms with E-state index in [1.54, 1.807) is 0 Å². The van der Waals surface area contributed by atoms with Crippen LogP contribution in [-0.4, -0.2) is 57.2 Å². The quantitative estimate of drug-likeness (QED) is 0.413. The molecule has 1 aliphatic heterocycles. The van der Waals surface area contributed by atoms with Gasteiger partial charge in [-0.05, 0) is 12.8 Å². The van der Waals surface area contributed by atoms with E-state index in [1.165, 1.54) is 6.92 Å². The fourth-order valence-corrected chi connectivity index (χ4v) is 4.75. The Morgan fingerprint density at radius 3 is 1.85 bits per heavy atom. The Kier molecular flexibility index (Phi) is 7.03. The van der Waals surface area contributed by atoms with Gasteiger partial charge in [-0.15, -0.1) is 6.54 Å². The Hall–Kier alpha value is -0.600. The first-order chi connectivity index (χ1) is 11.7. The zero-order valence-corrected chi connectivity index (χ0v) is 15.4. The highest BCUT2D eigenvalue weighted by molar-refractivity contribution is 7.95. The normalized spacial score (nSPS) is 18.9. The summed E-state index contributed by atoms with van der Waals surface area (Å²) in [6.45, 7) is -0.385. The Balaban J connectivity index is 3.26. The molecule has 1 fully saturated rings. The second-order valence-corrected chi connectivity index (χ2v) is 9.45. The van der Waals surface area contributed by atoms with Gasteiger partial charge in [-0.3, -0.25) is 0 Å². The fourth-order valence-electron chi connectivity index (χ4n) is 2.18. The molecular weight excluding hydrogens is 414 g/mol. The molecule has 1 heterocycles. The third-order valence-corrected chi connectivity index (χ3v) is 7.18. The molecular formula is C12H19F6N2O4S2-. The van der Waals surface area contributed by atoms with Gasteiger partial charge in [0.1, 0.15) is 10.0 Å². The molecule has 0 spiro atoms. The van der Waals surface area contributed by atoms with E-state index < -0.39 is 56.1 Å². The Labute approximate surface area is 148 Å². The van der Waals surface area contributed by atoms with Crippen molar-refractivity contribution in [3.63, 3.8) is 0 Å². The number of nitrogens with zero attached hydrogens (tertiary/aromatic N) is 2. The third kappa shape index (κ3) is 3.83. The highest BCUT2D eigenvalue weighted by Gasteiger charge is 2.80. The molecule has 0 saturated carbocycles. The van der Waals surface area contributed by atoms with Crippen molar-refractivity contribution in [2.75, 3.05) is 19.6 Å². The number of alkyl halides is 6. The SMILES string of the molecule is CCCC[N-]S(=O)(=O)C(F)(F)C(F)(F)C(F)(F)S(=O)(=O)N1CCCCC1. The highest BCUT2D eigenvalue weighted by Crippen LogP contribution is 2.52. The number of hydrogen-bond donors (Lipinski definition) is 0. The van der Waals surface area contributed by atoms with Crippen molar-refractivity contribution < 1.29 is 43.2 Å². The van der Waals surface area contributed by atoms with Crippen LogP contribution < -0.4 is 0 Å². The molecule has 0 aromatic heterocycles. The summed E-state index contributed by atoms with van der Waals surface area (Å²) in [6.07, 6.45) is 0.836. The average molecular weight is 433 g/mol. The van der Waals surface area contributed by atoms with Crippen molar-refractivity contribution in [2.24, 2.45) is 0 Å². The number of rotatable bonds is 9. The van der Waals surface area contributed by atoms with E-state index in [1.807, 2.05) is 0 Å². The van der Waals surface area contributed by atoms with Gasteiger partial charge in [0.05, 0.1) is 0 Å². The van der Waals surface area contributed by atoms with Gasteiger partial charge in [-0.1, -0.05) is 26.2 Å². The van der Waals surface area contributed by atoms with E-state index in [4.69, 9.17) is 0 Å². The molecule has 156 valence electrons. The minimum atomic E-state index is -6.72. The van der Waals surface area contributed by atoms with E-state index in [0.717, 1.165) is 0 Å². The van der Waals surface area contributed by atoms with Gasteiger partial charge in [0.25, 0.3) is 10.0 Å². The van der Waals surface area contributed by atoms with Gasteiger partial charge < -0.3 is 4.72 Å². The van der Waals surface area contributed by atoms with Gasteiger partial charge in [0.15, 0.2) is 0 Å². The average Bonchev–Trinajstić information content (AvgIpc) is 2.55. The van der Waals surface area contributed by atoms with Crippen molar-refractivity contribution in [2.45, 2.75) is 55.5 Å². The van der Waals surface area contributed by atoms with Gasteiger partial charge in [0, 0.05) is 13.1 Å². The van der Waals surface area contributed by atoms with Crippen LogP contribution in [0.4, 0.5) is 26.3 Å². The second-order valence-electron chi connectivity index (χ2n) is 5.75. The summed E-state index contributed by atoms with van der Waals surface area (Å²) in [6, 6.07) is 0. The summed E-state index contributed by atoms with van der Waals surface area (Å²) in [5.41, 5.74) is 0. The van der Waals surface area contributed by atoms with Crippen LogP contribution in [0.25, 0.3) is 4.72 Å². The standard InChI is InChI=1S/C12H19F6N2O4S2/c1-2-3-7-19-25(21,22)11(15,16)10(13,14)12(17,18)26(23,24)20-8-5-4-6-9-20/h2-9H2,1H3/q-1. The van der Waals surface area contributed by atoms with Crippen LogP contribution in [-0.2, 0) is 20.0 Å². The van der Waals surface area contributed by atoms with Crippen LogP contribution in [0.5, 0.6) is 0 Å². The molecule has 0 N–H and O–H groups in total. The topological polar surface area (TPSA) is 85.6 Å². The Morgan fingerprint density at radius 2 is 1.38 bits per heavy atom. The van der Waals surface area contributed by atoms with E-state index in [0.29, 0.717) is 6.42 Å². The molecule has 1 aliphatic rings. The van der Waals surface area contributed by atoms with Gasteiger partial charge in [0.2, 0.25) is 0 Å². The predicted octanol–water partition coefficient (Wildman–Crippen LogP) is 3.13. The number of hydrogen-bond acceptors (Lipinski definition) is 4. The first-order valence-corrected chi connectivity index (χ1v) is 10.6. The molecule has 0 bridgehead atoms. The summed E-state index contributed by atoms with van der Waals surface area (Å²) in [7, 11) is -12.6. The van der Waals surface area contributed by atoms with Crippen LogP contribution >= 0.6 is 0 Å². The minimum absolute atomic E-state index is 0.0265. The van der Waals surface area contributed by atoms with Crippen LogP contribution in [0.2, 0.25) is 0 Å². The van der Waals surface area contributed by atoms with Crippen molar-refractivity contribution in [1.82, 2.24) is 4.31 Å². The Bertz CT molecular complexity index is 691. The number of piperidine rings is 1. The van der Waals surface area contributed by atoms with Gasteiger partial charge >= 0.3 is 16.4 Å². The summed E-state index contributed by atoms with van der Waals surface area (Å²) in [4.78, 5) is 0. The minimum Gasteiger partial charge on any atom is -0.544 e. The monoisotopic (exact) mass is 433 g/mol. The smallest absolute Gasteiger partial charge is 0.428 e. The molecule has 1 rings (SSSR count). The Morgan fingerprint density at radius 1 is 0.885 bits per heavy atom. The van der Waals surface area contributed by atoms with E-state index in [2.05, 4.69) is 4.72 Å². The van der Waals surface area contributed by atoms with E-state index >= 15 is 0 Å². The molecule has 26 heavy (non-hydrogen) atoms. The van der Waals surface area contributed by atoms with Crippen molar-refractivity contribution in [3.8, 4) is 0 Å². The van der Waals surface area contributed by atoms with Gasteiger partial charge in [-0.2, -0.15) is 30.6 Å². The maximum Gasteiger partial charge on any atom is 0.428 e.